The molecule has 5 aromatic rings. The van der Waals surface area contributed by atoms with E-state index in [1.54, 1.807) is 19.3 Å². The van der Waals surface area contributed by atoms with Gasteiger partial charge in [0.05, 0.1) is 40.6 Å². The minimum absolute atomic E-state index is 0.103. The third-order valence-corrected chi connectivity index (χ3v) is 13.8. The van der Waals surface area contributed by atoms with Gasteiger partial charge in [0.1, 0.15) is 5.02 Å². The second-order valence-corrected chi connectivity index (χ2v) is 18.0. The average Bonchev–Trinajstić information content (AvgIpc) is 4.06. The summed E-state index contributed by atoms with van der Waals surface area (Å²) in [5.74, 6) is -2.27. The summed E-state index contributed by atoms with van der Waals surface area (Å²) in [6.45, 7) is 3.92. The molecule has 0 radical (unpaired) electrons. The molecule has 61 heavy (non-hydrogen) atoms. The number of carbonyl (C=O) groups excluding carboxylic acids is 2. The predicted octanol–water partition coefficient (Wildman–Crippen LogP) is 6.45. The number of ether oxygens (including phenoxy) is 1. The van der Waals surface area contributed by atoms with Gasteiger partial charge in [-0.05, 0) is 106 Å². The highest BCUT2D eigenvalue weighted by Gasteiger charge is 2.51. The number of amides is 2. The smallest absolute Gasteiger partial charge is 0.301 e. The van der Waals surface area contributed by atoms with Crippen LogP contribution in [0.25, 0.3) is 21.8 Å². The van der Waals surface area contributed by atoms with Crippen molar-refractivity contribution in [2.75, 3.05) is 54.9 Å². The number of nitrogens with one attached hydrogen (secondary N) is 3. The lowest BCUT2D eigenvalue weighted by Crippen LogP contribution is -2.44. The van der Waals surface area contributed by atoms with Gasteiger partial charge in [-0.1, -0.05) is 23.7 Å². The molecule has 1 saturated carbocycles. The maximum Gasteiger partial charge on any atom is 0.301 e. The van der Waals surface area contributed by atoms with E-state index in [4.69, 9.17) is 26.4 Å². The van der Waals surface area contributed by atoms with Gasteiger partial charge in [-0.25, -0.2) is 13.8 Å². The van der Waals surface area contributed by atoms with E-state index in [1.807, 2.05) is 23.9 Å². The summed E-state index contributed by atoms with van der Waals surface area (Å²) in [7, 11) is 3.53. The fourth-order valence-electron chi connectivity index (χ4n) is 9.92. The SMILES string of the molecule is Cn1nc(C2CCC(=O)NC2=O)c2ccc(C3CCN(CC4CCN(c5ncc(Cl)c(Nc6ccc7c(c6)c6c(c(=O)n7C)OCC(F)(F)[C@H](C7CC7)N6)n5)CC4)CC3)cc21. The number of pyridine rings is 1. The summed E-state index contributed by atoms with van der Waals surface area (Å²) < 4.78 is 39.1. The summed E-state index contributed by atoms with van der Waals surface area (Å²) in [6, 6.07) is 10.8. The van der Waals surface area contributed by atoms with Gasteiger partial charge in [-0.3, -0.25) is 24.4 Å². The summed E-state index contributed by atoms with van der Waals surface area (Å²) in [5, 5.41) is 15.4. The van der Waals surface area contributed by atoms with E-state index in [2.05, 4.69) is 48.9 Å². The molecule has 3 aromatic heterocycles. The van der Waals surface area contributed by atoms with E-state index < -0.39 is 30.0 Å². The Morgan fingerprint density at radius 1 is 0.934 bits per heavy atom. The summed E-state index contributed by atoms with van der Waals surface area (Å²) in [4.78, 5) is 51.8. The Hall–Kier alpha value is -5.35. The lowest BCUT2D eigenvalue weighted by atomic mass is 9.87. The second kappa shape index (κ2) is 15.5. The molecule has 10 rings (SSSR count). The molecule has 5 aliphatic rings. The number of halogens is 3. The third kappa shape index (κ3) is 7.55. The Balaban J connectivity index is 0.763. The molecular formula is C44H49ClF2N10O4. The Morgan fingerprint density at radius 2 is 1.72 bits per heavy atom. The van der Waals surface area contributed by atoms with Crippen molar-refractivity contribution in [2.45, 2.75) is 75.2 Å². The van der Waals surface area contributed by atoms with Crippen LogP contribution >= 0.6 is 11.6 Å². The minimum atomic E-state index is -3.13. The molecule has 2 atom stereocenters. The van der Waals surface area contributed by atoms with Gasteiger partial charge in [0, 0.05) is 56.6 Å². The van der Waals surface area contributed by atoms with Crippen molar-refractivity contribution in [2.24, 2.45) is 25.9 Å². The number of fused-ring (bicyclic) bond motifs is 4. The zero-order valence-electron chi connectivity index (χ0n) is 34.2. The molecule has 0 bridgehead atoms. The van der Waals surface area contributed by atoms with Crippen LogP contribution in [0.1, 0.15) is 74.5 Å². The second-order valence-electron chi connectivity index (χ2n) is 17.6. The van der Waals surface area contributed by atoms with Gasteiger partial charge in [0.2, 0.25) is 23.5 Å². The highest BCUT2D eigenvalue weighted by atomic mass is 35.5. The molecular weight excluding hydrogens is 806 g/mol. The molecule has 3 N–H and O–H groups in total. The Kier molecular flexibility index (Phi) is 10.1. The zero-order chi connectivity index (χ0) is 42.2. The Bertz CT molecular complexity index is 2610. The largest absolute Gasteiger partial charge is 0.480 e. The van der Waals surface area contributed by atoms with Crippen molar-refractivity contribution in [3.05, 3.63) is 69.2 Å². The first-order valence-electron chi connectivity index (χ1n) is 21.4. The predicted molar refractivity (Wildman–Crippen MR) is 229 cm³/mol. The summed E-state index contributed by atoms with van der Waals surface area (Å²) in [6.07, 6.45) is 8.01. The molecule has 2 aromatic carbocycles. The fraction of sp³-hybridized carbons (Fsp3) is 0.500. The number of aryl methyl sites for hydroxylation is 2. The van der Waals surface area contributed by atoms with Crippen LogP contribution in [0.15, 0.2) is 47.4 Å². The number of alkyl halides is 2. The number of likely N-dealkylation sites (tertiary alicyclic amines) is 1. The van der Waals surface area contributed by atoms with Gasteiger partial charge >= 0.3 is 5.92 Å². The number of nitrogens with zero attached hydrogens (tertiary/aromatic N) is 7. The van der Waals surface area contributed by atoms with Crippen LogP contribution in [0.3, 0.4) is 0 Å². The molecule has 4 fully saturated rings. The number of rotatable bonds is 8. The fourth-order valence-corrected chi connectivity index (χ4v) is 10.1. The maximum absolute atomic E-state index is 15.2. The summed E-state index contributed by atoms with van der Waals surface area (Å²) in [5.41, 5.74) is 4.08. The number of carbonyl (C=O) groups is 2. The van der Waals surface area contributed by atoms with Crippen LogP contribution in [0.5, 0.6) is 5.75 Å². The lowest BCUT2D eigenvalue weighted by Gasteiger charge is -2.38. The van der Waals surface area contributed by atoms with Crippen LogP contribution < -0.4 is 31.1 Å². The number of aromatic nitrogens is 5. The van der Waals surface area contributed by atoms with E-state index in [1.165, 1.54) is 10.1 Å². The Morgan fingerprint density at radius 3 is 2.48 bits per heavy atom. The monoisotopic (exact) mass is 854 g/mol. The molecule has 3 saturated heterocycles. The van der Waals surface area contributed by atoms with Gasteiger partial charge in [0.15, 0.2) is 12.4 Å². The van der Waals surface area contributed by atoms with Crippen LogP contribution in [0, 0.1) is 11.8 Å². The van der Waals surface area contributed by atoms with Crippen molar-refractivity contribution >= 4 is 68.4 Å². The number of anilines is 4. The number of hydrogen-bond donors (Lipinski definition) is 3. The first-order valence-corrected chi connectivity index (χ1v) is 21.8. The molecule has 7 heterocycles. The molecule has 17 heteroatoms. The molecule has 2 amide bonds. The normalized spacial score (nSPS) is 22.7. The van der Waals surface area contributed by atoms with Crippen LogP contribution in [-0.4, -0.2) is 92.3 Å². The molecule has 1 aliphatic carbocycles. The van der Waals surface area contributed by atoms with Crippen LogP contribution in [0.2, 0.25) is 5.02 Å². The van der Waals surface area contributed by atoms with Crippen molar-refractivity contribution in [1.82, 2.24) is 34.5 Å². The standard InChI is InChI=1S/C44H49ClF2N10O4/c1-54-33-9-6-28(20-31(33)37-38(42(54)60)61-23-44(46,47)39(51-37)26-3-4-26)49-40-32(45)21-48-43(52-40)57-17-11-24(12-18-57)22-56-15-13-25(14-16-56)27-5-7-29-34(19-27)55(2)53-36(29)30-8-10-35(58)50-41(30)59/h5-7,9,19-21,24-26,30,39,51H,3-4,8,10-18,22-23H2,1-2H3,(H,48,49,52)(H,50,58,59)/t30?,39-/m0/s1. The third-order valence-electron chi connectivity index (χ3n) is 13.6. The number of piperidine rings is 3. The molecule has 4 aliphatic heterocycles. The van der Waals surface area contributed by atoms with Crippen molar-refractivity contribution in [3.63, 3.8) is 0 Å². The number of imide groups is 1. The highest BCUT2D eigenvalue weighted by Crippen LogP contribution is 2.46. The first kappa shape index (κ1) is 39.8. The van der Waals surface area contributed by atoms with E-state index in [0.29, 0.717) is 70.9 Å². The Labute approximate surface area is 356 Å². The molecule has 1 unspecified atom stereocenters. The van der Waals surface area contributed by atoms with Crippen molar-refractivity contribution in [3.8, 4) is 5.75 Å². The average molecular weight is 855 g/mol. The summed E-state index contributed by atoms with van der Waals surface area (Å²) >= 11 is 6.63. The van der Waals surface area contributed by atoms with Crippen molar-refractivity contribution < 1.29 is 23.1 Å². The molecule has 320 valence electrons. The van der Waals surface area contributed by atoms with Gasteiger partial charge in [-0.15, -0.1) is 0 Å². The van der Waals surface area contributed by atoms with Gasteiger partial charge in [0.25, 0.3) is 5.56 Å². The van der Waals surface area contributed by atoms with E-state index >= 15 is 8.78 Å². The highest BCUT2D eigenvalue weighted by molar-refractivity contribution is 6.33. The van der Waals surface area contributed by atoms with Crippen LogP contribution in [-0.2, 0) is 23.7 Å². The topological polar surface area (TPSA) is 152 Å². The van der Waals surface area contributed by atoms with E-state index in [0.717, 1.165) is 75.0 Å². The lowest BCUT2D eigenvalue weighted by molar-refractivity contribution is -0.134. The maximum atomic E-state index is 15.2. The minimum Gasteiger partial charge on any atom is -0.480 e. The quantitative estimate of drug-likeness (QED) is 0.148. The molecule has 14 nitrogen and oxygen atoms in total. The van der Waals surface area contributed by atoms with Crippen molar-refractivity contribution in [1.29, 1.82) is 0 Å². The van der Waals surface area contributed by atoms with Gasteiger partial charge < -0.3 is 29.7 Å². The molecule has 0 spiro atoms. The van der Waals surface area contributed by atoms with Gasteiger partial charge in [-0.2, -0.15) is 10.1 Å². The first-order chi connectivity index (χ1) is 29.4. The van der Waals surface area contributed by atoms with E-state index in [-0.39, 0.29) is 29.2 Å². The number of benzene rings is 2. The zero-order valence-corrected chi connectivity index (χ0v) is 35.0. The van der Waals surface area contributed by atoms with Crippen LogP contribution in [0.4, 0.5) is 31.9 Å². The number of hydrogen-bond acceptors (Lipinski definition) is 11. The van der Waals surface area contributed by atoms with E-state index in [9.17, 15) is 14.4 Å².